The fraction of sp³-hybridized carbons (Fsp3) is 0.927. The number of nitrogens with zero attached hydrogens (tertiary/aromatic N) is 4. The summed E-state index contributed by atoms with van der Waals surface area (Å²) in [6.07, 6.45) is 24.9. The molecule has 394 valence electrons. The van der Waals surface area contributed by atoms with Gasteiger partial charge in [0.25, 0.3) is 0 Å². The van der Waals surface area contributed by atoms with Gasteiger partial charge >= 0.3 is 24.0 Å². The molecule has 1 heterocycles. The third-order valence-electron chi connectivity index (χ3n) is 13.4. The van der Waals surface area contributed by atoms with Gasteiger partial charge in [-0.1, -0.05) is 157 Å². The molecule has 0 aromatic heterocycles. The van der Waals surface area contributed by atoms with Crippen LogP contribution in [0.1, 0.15) is 216 Å². The molecule has 0 aliphatic carbocycles. The van der Waals surface area contributed by atoms with E-state index in [4.69, 9.17) is 18.9 Å². The minimum absolute atomic E-state index is 0.0525. The van der Waals surface area contributed by atoms with E-state index in [-0.39, 0.29) is 55.0 Å². The normalized spacial score (nSPS) is 14.9. The lowest BCUT2D eigenvalue weighted by atomic mass is 9.95. The molecule has 0 saturated carbocycles. The second-order valence-corrected chi connectivity index (χ2v) is 20.6. The number of rotatable bonds is 42. The molecule has 0 aromatic rings. The molecule has 0 N–H and O–H groups in total. The van der Waals surface area contributed by atoms with Gasteiger partial charge in [0.2, 0.25) is 0 Å². The number of unbranched alkanes of at least 4 members (excludes halogenated alkanes) is 12. The minimum atomic E-state index is -0.531. The van der Waals surface area contributed by atoms with E-state index in [1.807, 2.05) is 20.8 Å². The molecule has 3 unspecified atom stereocenters. The highest BCUT2D eigenvalue weighted by Crippen LogP contribution is 2.22. The predicted molar refractivity (Wildman–Crippen MR) is 275 cm³/mol. The van der Waals surface area contributed by atoms with E-state index < -0.39 is 5.60 Å². The summed E-state index contributed by atoms with van der Waals surface area (Å²) in [4.78, 5) is 62.1. The van der Waals surface area contributed by atoms with E-state index >= 15 is 0 Å². The summed E-state index contributed by atoms with van der Waals surface area (Å²) in [6.45, 7) is 27.2. The van der Waals surface area contributed by atoms with Crippen LogP contribution < -0.4 is 0 Å². The standard InChI is InChI=1S/C55H106N4O8/c1-10-16-22-25-31-48(28-19-13-4)51(60)64-45-42-57(35-34-56-38-40-59(41-39-56)54(63)67-55(7,8)9)36-37-58(43-46-65-52(61)49(29-20-14-5)32-26-23-17-11-2)44-47-66-53(62)50(30-21-15-6)33-27-24-18-12-3/h48-50H,10-47H2,1-9H3. The van der Waals surface area contributed by atoms with Crippen molar-refractivity contribution in [1.29, 1.82) is 0 Å². The molecule has 67 heavy (non-hydrogen) atoms. The molecule has 1 aliphatic rings. The third-order valence-corrected chi connectivity index (χ3v) is 13.4. The van der Waals surface area contributed by atoms with Gasteiger partial charge in [0.15, 0.2) is 0 Å². The van der Waals surface area contributed by atoms with E-state index in [1.54, 1.807) is 4.90 Å². The van der Waals surface area contributed by atoms with Gasteiger partial charge < -0.3 is 23.8 Å². The molecule has 1 amide bonds. The fourth-order valence-corrected chi connectivity index (χ4v) is 8.84. The Balaban J connectivity index is 3.17. The summed E-state index contributed by atoms with van der Waals surface area (Å²) in [5.41, 5.74) is -0.531. The van der Waals surface area contributed by atoms with E-state index in [9.17, 15) is 19.2 Å². The fourth-order valence-electron chi connectivity index (χ4n) is 8.84. The van der Waals surface area contributed by atoms with Crippen LogP contribution in [0.2, 0.25) is 0 Å². The summed E-state index contributed by atoms with van der Waals surface area (Å²) in [6, 6.07) is 0. The Morgan fingerprint density at radius 2 is 0.761 bits per heavy atom. The SMILES string of the molecule is CCCCCCC(CCCC)C(=O)OCCN(CCOC(=O)C(CCCC)CCCCCC)CCN(CCOC(=O)C(CCCC)CCCCCC)CCN1CCN(C(=O)OC(C)(C)C)CC1. The molecule has 12 heteroatoms. The molecule has 1 saturated heterocycles. The van der Waals surface area contributed by atoms with Crippen LogP contribution >= 0.6 is 0 Å². The molecule has 0 spiro atoms. The van der Waals surface area contributed by atoms with Crippen LogP contribution in [0.4, 0.5) is 4.79 Å². The summed E-state index contributed by atoms with van der Waals surface area (Å²) < 4.78 is 23.8. The van der Waals surface area contributed by atoms with E-state index in [0.717, 1.165) is 142 Å². The molecule has 1 rings (SSSR count). The Morgan fingerprint density at radius 3 is 1.09 bits per heavy atom. The van der Waals surface area contributed by atoms with Gasteiger partial charge in [-0.25, -0.2) is 4.79 Å². The maximum Gasteiger partial charge on any atom is 0.410 e. The predicted octanol–water partition coefficient (Wildman–Crippen LogP) is 12.1. The van der Waals surface area contributed by atoms with Crippen molar-refractivity contribution in [3.63, 3.8) is 0 Å². The zero-order valence-electron chi connectivity index (χ0n) is 45.2. The highest BCUT2D eigenvalue weighted by atomic mass is 16.6. The van der Waals surface area contributed by atoms with Crippen LogP contribution in [-0.4, -0.2) is 141 Å². The molecule has 3 atom stereocenters. The van der Waals surface area contributed by atoms with Gasteiger partial charge in [0.05, 0.1) is 17.8 Å². The number of esters is 3. The van der Waals surface area contributed by atoms with Crippen molar-refractivity contribution in [2.24, 2.45) is 17.8 Å². The molecule has 1 aliphatic heterocycles. The van der Waals surface area contributed by atoms with Crippen molar-refractivity contribution < 1.29 is 38.1 Å². The lowest BCUT2D eigenvalue weighted by molar-refractivity contribution is -0.151. The highest BCUT2D eigenvalue weighted by molar-refractivity contribution is 5.73. The van der Waals surface area contributed by atoms with Crippen molar-refractivity contribution in [2.45, 2.75) is 222 Å². The van der Waals surface area contributed by atoms with Gasteiger partial charge in [-0.3, -0.25) is 29.1 Å². The first-order valence-corrected chi connectivity index (χ1v) is 28.0. The van der Waals surface area contributed by atoms with Crippen LogP contribution in [0.15, 0.2) is 0 Å². The first-order chi connectivity index (χ1) is 32.3. The maximum absolute atomic E-state index is 13.5. The highest BCUT2D eigenvalue weighted by Gasteiger charge is 2.27. The first kappa shape index (κ1) is 62.6. The Bertz CT molecular complexity index is 1200. The Kier molecular flexibility index (Phi) is 37.6. The zero-order valence-corrected chi connectivity index (χ0v) is 45.2. The summed E-state index contributed by atoms with van der Waals surface area (Å²) in [7, 11) is 0. The van der Waals surface area contributed by atoms with Crippen LogP contribution in [0.3, 0.4) is 0 Å². The summed E-state index contributed by atoms with van der Waals surface area (Å²) >= 11 is 0. The molecule has 1 fully saturated rings. The quantitative estimate of drug-likeness (QED) is 0.0331. The monoisotopic (exact) mass is 951 g/mol. The second-order valence-electron chi connectivity index (χ2n) is 20.6. The molecular weight excluding hydrogens is 845 g/mol. The Morgan fingerprint density at radius 1 is 0.433 bits per heavy atom. The summed E-state index contributed by atoms with van der Waals surface area (Å²) in [5.74, 6) is -0.426. The van der Waals surface area contributed by atoms with Crippen molar-refractivity contribution in [3.05, 3.63) is 0 Å². The van der Waals surface area contributed by atoms with Crippen LogP contribution in [-0.2, 0) is 33.3 Å². The number of hydrogen-bond donors (Lipinski definition) is 0. The topological polar surface area (TPSA) is 118 Å². The average Bonchev–Trinajstić information content (AvgIpc) is 3.30. The van der Waals surface area contributed by atoms with Crippen LogP contribution in [0.5, 0.6) is 0 Å². The number of piperazine rings is 1. The number of hydrogen-bond acceptors (Lipinski definition) is 11. The largest absolute Gasteiger partial charge is 0.464 e. The van der Waals surface area contributed by atoms with E-state index in [1.165, 1.54) is 38.5 Å². The lowest BCUT2D eigenvalue weighted by Gasteiger charge is -2.36. The smallest absolute Gasteiger partial charge is 0.410 e. The number of amides is 1. The Labute approximate surface area is 412 Å². The molecule has 0 radical (unpaired) electrons. The third kappa shape index (κ3) is 32.1. The van der Waals surface area contributed by atoms with Crippen molar-refractivity contribution in [1.82, 2.24) is 19.6 Å². The second kappa shape index (κ2) is 40.3. The number of carbonyl (C=O) groups is 4. The van der Waals surface area contributed by atoms with Crippen LogP contribution in [0, 0.1) is 17.8 Å². The van der Waals surface area contributed by atoms with Gasteiger partial charge in [0, 0.05) is 72.0 Å². The van der Waals surface area contributed by atoms with Crippen molar-refractivity contribution in [3.8, 4) is 0 Å². The number of ether oxygens (including phenoxy) is 4. The summed E-state index contributed by atoms with van der Waals surface area (Å²) in [5, 5.41) is 0. The first-order valence-electron chi connectivity index (χ1n) is 28.0. The van der Waals surface area contributed by atoms with Gasteiger partial charge in [-0.05, 0) is 59.3 Å². The minimum Gasteiger partial charge on any atom is -0.464 e. The maximum atomic E-state index is 13.5. The lowest BCUT2D eigenvalue weighted by Crippen LogP contribution is -2.51. The molecular formula is C55H106N4O8. The number of carbonyl (C=O) groups excluding carboxylic acids is 4. The van der Waals surface area contributed by atoms with Crippen molar-refractivity contribution in [2.75, 3.05) is 91.8 Å². The average molecular weight is 951 g/mol. The van der Waals surface area contributed by atoms with Gasteiger partial charge in [-0.2, -0.15) is 0 Å². The molecule has 12 nitrogen and oxygen atoms in total. The van der Waals surface area contributed by atoms with Gasteiger partial charge in [-0.15, -0.1) is 0 Å². The van der Waals surface area contributed by atoms with E-state index in [0.29, 0.717) is 52.4 Å². The van der Waals surface area contributed by atoms with Crippen molar-refractivity contribution >= 4 is 24.0 Å². The van der Waals surface area contributed by atoms with Crippen LogP contribution in [0.25, 0.3) is 0 Å². The molecule has 0 aromatic carbocycles. The Hall–Kier alpha value is -2.44. The van der Waals surface area contributed by atoms with E-state index in [2.05, 4.69) is 56.2 Å². The molecule has 0 bridgehead atoms. The van der Waals surface area contributed by atoms with Gasteiger partial charge in [0.1, 0.15) is 25.4 Å². The zero-order chi connectivity index (χ0) is 49.5.